The summed E-state index contributed by atoms with van der Waals surface area (Å²) in [6.07, 6.45) is 6.33. The average molecular weight is 335 g/mol. The van der Waals surface area contributed by atoms with E-state index in [9.17, 15) is 4.79 Å². The predicted molar refractivity (Wildman–Crippen MR) is 92.5 cm³/mol. The van der Waals surface area contributed by atoms with Gasteiger partial charge in [-0.1, -0.05) is 24.3 Å². The van der Waals surface area contributed by atoms with Gasteiger partial charge in [-0.3, -0.25) is 9.48 Å². The average Bonchev–Trinajstić information content (AvgIpc) is 3.21. The van der Waals surface area contributed by atoms with Crippen LogP contribution < -0.4 is 10.6 Å². The van der Waals surface area contributed by atoms with Gasteiger partial charge in [0.05, 0.1) is 13.1 Å². The maximum atomic E-state index is 11.8. The summed E-state index contributed by atoms with van der Waals surface area (Å²) < 4.78 is 1.89. The molecule has 0 atom stereocenters. The Morgan fingerprint density at radius 3 is 2.83 bits per heavy atom. The summed E-state index contributed by atoms with van der Waals surface area (Å²) in [6.45, 7) is 2.69. The second kappa shape index (κ2) is 8.70. The van der Waals surface area contributed by atoms with Gasteiger partial charge in [0.25, 0.3) is 0 Å². The number of rotatable bonds is 8. The van der Waals surface area contributed by atoms with Gasteiger partial charge in [0.1, 0.15) is 0 Å². The molecule has 0 bridgehead atoms. The van der Waals surface area contributed by atoms with Crippen molar-refractivity contribution in [1.82, 2.24) is 20.4 Å². The number of aromatic nitrogens is 2. The molecule has 1 aromatic heterocycles. The Morgan fingerprint density at radius 2 is 2.09 bits per heavy atom. The van der Waals surface area contributed by atoms with Crippen molar-refractivity contribution >= 4 is 18.3 Å². The van der Waals surface area contributed by atoms with E-state index in [0.29, 0.717) is 13.1 Å². The van der Waals surface area contributed by atoms with Gasteiger partial charge in [0, 0.05) is 18.9 Å². The highest BCUT2D eigenvalue weighted by molar-refractivity contribution is 5.85. The molecule has 2 N–H and O–H groups in total. The molecule has 1 fully saturated rings. The minimum atomic E-state index is 0. The summed E-state index contributed by atoms with van der Waals surface area (Å²) in [5, 5.41) is 10.4. The van der Waals surface area contributed by atoms with E-state index in [0.717, 1.165) is 24.6 Å². The molecule has 1 saturated carbocycles. The molecular weight excluding hydrogens is 312 g/mol. The fourth-order valence-corrected chi connectivity index (χ4v) is 2.39. The van der Waals surface area contributed by atoms with Crippen molar-refractivity contribution in [3.63, 3.8) is 0 Å². The fourth-order valence-electron chi connectivity index (χ4n) is 2.39. The molecule has 6 heteroatoms. The largest absolute Gasteiger partial charge is 0.351 e. The number of carbonyl (C=O) groups excluding carboxylic acids is 1. The number of hydrogen-bond donors (Lipinski definition) is 2. The van der Waals surface area contributed by atoms with E-state index in [1.54, 1.807) is 6.20 Å². The van der Waals surface area contributed by atoms with Crippen molar-refractivity contribution in [2.75, 3.05) is 13.1 Å². The lowest BCUT2D eigenvalue weighted by atomic mass is 10.1. The monoisotopic (exact) mass is 334 g/mol. The van der Waals surface area contributed by atoms with Crippen molar-refractivity contribution in [2.45, 2.75) is 25.9 Å². The minimum absolute atomic E-state index is 0. The van der Waals surface area contributed by atoms with Gasteiger partial charge >= 0.3 is 0 Å². The van der Waals surface area contributed by atoms with Crippen LogP contribution in [0.25, 0.3) is 0 Å². The molecule has 5 nitrogen and oxygen atoms in total. The molecule has 23 heavy (non-hydrogen) atoms. The van der Waals surface area contributed by atoms with Crippen molar-refractivity contribution in [2.24, 2.45) is 5.92 Å². The van der Waals surface area contributed by atoms with E-state index in [-0.39, 0.29) is 18.3 Å². The summed E-state index contributed by atoms with van der Waals surface area (Å²) in [5.74, 6) is 0.852. The SMILES string of the molecule is Cl.O=C(CNCC1CC1)NCc1cccc(Cn2cccn2)c1. The maximum absolute atomic E-state index is 11.8. The van der Waals surface area contributed by atoms with Crippen LogP contribution in [-0.4, -0.2) is 28.8 Å². The lowest BCUT2D eigenvalue weighted by Crippen LogP contribution is -2.34. The molecule has 0 radical (unpaired) electrons. The molecule has 0 unspecified atom stereocenters. The van der Waals surface area contributed by atoms with Gasteiger partial charge in [0.15, 0.2) is 0 Å². The van der Waals surface area contributed by atoms with E-state index in [1.165, 1.54) is 18.4 Å². The van der Waals surface area contributed by atoms with Crippen LogP contribution in [0.2, 0.25) is 0 Å². The molecule has 1 aromatic carbocycles. The van der Waals surface area contributed by atoms with Crippen LogP contribution in [0.15, 0.2) is 42.7 Å². The lowest BCUT2D eigenvalue weighted by Gasteiger charge is -2.08. The van der Waals surface area contributed by atoms with Gasteiger partial charge in [-0.2, -0.15) is 5.10 Å². The Balaban J connectivity index is 0.00000192. The molecule has 1 heterocycles. The Morgan fingerprint density at radius 1 is 1.26 bits per heavy atom. The van der Waals surface area contributed by atoms with E-state index in [2.05, 4.69) is 27.9 Å². The topological polar surface area (TPSA) is 59.0 Å². The number of benzene rings is 1. The van der Waals surface area contributed by atoms with E-state index in [1.807, 2.05) is 29.1 Å². The third-order valence-electron chi connectivity index (χ3n) is 3.80. The Kier molecular flexibility index (Phi) is 6.62. The third kappa shape index (κ3) is 6.04. The van der Waals surface area contributed by atoms with Crippen LogP contribution in [0, 0.1) is 5.92 Å². The minimum Gasteiger partial charge on any atom is -0.351 e. The number of hydrogen-bond acceptors (Lipinski definition) is 3. The zero-order chi connectivity index (χ0) is 15.2. The van der Waals surface area contributed by atoms with Crippen molar-refractivity contribution < 1.29 is 4.79 Å². The summed E-state index contributed by atoms with van der Waals surface area (Å²) in [7, 11) is 0. The number of amides is 1. The first-order valence-electron chi connectivity index (χ1n) is 7.82. The van der Waals surface area contributed by atoms with Gasteiger partial charge < -0.3 is 10.6 Å². The number of nitrogens with zero attached hydrogens (tertiary/aromatic N) is 2. The molecular formula is C17H23ClN4O. The van der Waals surface area contributed by atoms with Crippen LogP contribution in [-0.2, 0) is 17.9 Å². The van der Waals surface area contributed by atoms with E-state index in [4.69, 9.17) is 0 Å². The molecule has 0 saturated heterocycles. The standard InChI is InChI=1S/C17H22N4O.ClH/c22-17(12-18-10-14-5-6-14)19-11-15-3-1-4-16(9-15)13-21-8-2-7-20-21;/h1-4,7-9,14,18H,5-6,10-13H2,(H,19,22);1H. The number of carbonyl (C=O) groups is 1. The molecule has 1 aliphatic rings. The summed E-state index contributed by atoms with van der Waals surface area (Å²) >= 11 is 0. The number of halogens is 1. The van der Waals surface area contributed by atoms with Crippen LogP contribution >= 0.6 is 12.4 Å². The highest BCUT2D eigenvalue weighted by Crippen LogP contribution is 2.27. The molecule has 0 aliphatic heterocycles. The van der Waals surface area contributed by atoms with Crippen molar-refractivity contribution in [1.29, 1.82) is 0 Å². The summed E-state index contributed by atoms with van der Waals surface area (Å²) in [5.41, 5.74) is 2.29. The molecule has 124 valence electrons. The van der Waals surface area contributed by atoms with Gasteiger partial charge in [-0.25, -0.2) is 0 Å². The molecule has 1 aliphatic carbocycles. The van der Waals surface area contributed by atoms with Gasteiger partial charge in [-0.15, -0.1) is 12.4 Å². The predicted octanol–water partition coefficient (Wildman–Crippen LogP) is 1.97. The first-order chi connectivity index (χ1) is 10.8. The van der Waals surface area contributed by atoms with E-state index < -0.39 is 0 Å². The normalized spacial score (nSPS) is 13.4. The second-order valence-electron chi connectivity index (χ2n) is 5.87. The van der Waals surface area contributed by atoms with Crippen LogP contribution in [0.5, 0.6) is 0 Å². The lowest BCUT2D eigenvalue weighted by molar-refractivity contribution is -0.120. The second-order valence-corrected chi connectivity index (χ2v) is 5.87. The first kappa shape index (κ1) is 17.5. The van der Waals surface area contributed by atoms with Crippen molar-refractivity contribution in [3.8, 4) is 0 Å². The summed E-state index contributed by atoms with van der Waals surface area (Å²) in [4.78, 5) is 11.8. The zero-order valence-corrected chi connectivity index (χ0v) is 13.9. The highest BCUT2D eigenvalue weighted by atomic mass is 35.5. The third-order valence-corrected chi connectivity index (χ3v) is 3.80. The van der Waals surface area contributed by atoms with Gasteiger partial charge in [0.2, 0.25) is 5.91 Å². The zero-order valence-electron chi connectivity index (χ0n) is 13.1. The quantitative estimate of drug-likeness (QED) is 0.776. The van der Waals surface area contributed by atoms with Gasteiger partial charge in [-0.05, 0) is 42.5 Å². The molecule has 3 rings (SSSR count). The fraction of sp³-hybridized carbons (Fsp3) is 0.412. The Bertz CT molecular complexity index is 611. The van der Waals surface area contributed by atoms with E-state index >= 15 is 0 Å². The Labute approximate surface area is 142 Å². The van der Waals surface area contributed by atoms with Crippen molar-refractivity contribution in [3.05, 3.63) is 53.9 Å². The highest BCUT2D eigenvalue weighted by Gasteiger charge is 2.20. The number of nitrogens with one attached hydrogen (secondary N) is 2. The van der Waals surface area contributed by atoms with Crippen LogP contribution in [0.4, 0.5) is 0 Å². The smallest absolute Gasteiger partial charge is 0.234 e. The van der Waals surface area contributed by atoms with Crippen LogP contribution in [0.3, 0.4) is 0 Å². The molecule has 2 aromatic rings. The van der Waals surface area contributed by atoms with Crippen LogP contribution in [0.1, 0.15) is 24.0 Å². The Hall–Kier alpha value is -1.85. The maximum Gasteiger partial charge on any atom is 0.234 e. The summed E-state index contributed by atoms with van der Waals surface area (Å²) in [6, 6.07) is 10.2. The molecule has 1 amide bonds. The first-order valence-corrected chi connectivity index (χ1v) is 7.82. The molecule has 0 spiro atoms.